The maximum Gasteiger partial charge on any atom is 0.322 e. The van der Waals surface area contributed by atoms with Crippen LogP contribution in [0.1, 0.15) is 43.1 Å². The average molecular weight is 560 g/mol. The summed E-state index contributed by atoms with van der Waals surface area (Å²) in [6.07, 6.45) is 9.85. The zero-order valence-electron chi connectivity index (χ0n) is 23.7. The molecule has 0 aliphatic heterocycles. The van der Waals surface area contributed by atoms with E-state index in [-0.39, 0.29) is 12.1 Å². The number of nitrogens with one attached hydrogen (secondary N) is 2. The second-order valence-corrected chi connectivity index (χ2v) is 10.1. The summed E-state index contributed by atoms with van der Waals surface area (Å²) in [5, 5.41) is 23.8. The molecule has 5 aromatic rings. The monoisotopic (exact) mass is 559 g/mol. The molecule has 5 rings (SSSR count). The van der Waals surface area contributed by atoms with E-state index in [4.69, 9.17) is 0 Å². The standard InChI is InChI=1S/C32H33N9O/c1-3-7-27(14-15-30-34-20-25(18-33)31(38-30)29-16-17-36-39-29)41(32(42)35-19-23-8-5-4-6-9-23)28-12-10-24(11-13-28)26-21-37-40(2)22-26/h4-6,8-13,16-17,20-22,27H,3,7,14-15,19H2,1-2H3,(H,35,42)(H,36,39). The van der Waals surface area contributed by atoms with Crippen molar-refractivity contribution in [1.82, 2.24) is 35.3 Å². The Bertz CT molecular complexity index is 1640. The number of rotatable bonds is 11. The lowest BCUT2D eigenvalue weighted by molar-refractivity contribution is 0.242. The highest BCUT2D eigenvalue weighted by molar-refractivity contribution is 5.93. The van der Waals surface area contributed by atoms with Crippen LogP contribution in [0.2, 0.25) is 0 Å². The number of carbonyl (C=O) groups is 1. The van der Waals surface area contributed by atoms with Gasteiger partial charge in [0.25, 0.3) is 0 Å². The molecule has 0 aliphatic rings. The first kappa shape index (κ1) is 28.2. The number of nitrogens with zero attached hydrogens (tertiary/aromatic N) is 7. The number of aromatic nitrogens is 6. The molecule has 2 N–H and O–H groups in total. The van der Waals surface area contributed by atoms with E-state index in [2.05, 4.69) is 43.6 Å². The first-order chi connectivity index (χ1) is 20.6. The molecule has 10 nitrogen and oxygen atoms in total. The Labute approximate surface area is 245 Å². The second-order valence-electron chi connectivity index (χ2n) is 10.1. The lowest BCUT2D eigenvalue weighted by atomic mass is 10.0. The number of hydrogen-bond donors (Lipinski definition) is 2. The van der Waals surface area contributed by atoms with Crippen molar-refractivity contribution in [1.29, 1.82) is 5.26 Å². The molecule has 0 aliphatic carbocycles. The van der Waals surface area contributed by atoms with Gasteiger partial charge in [-0.1, -0.05) is 55.8 Å². The second kappa shape index (κ2) is 13.4. The van der Waals surface area contributed by atoms with Gasteiger partial charge in [0, 0.05) is 55.9 Å². The minimum absolute atomic E-state index is 0.107. The van der Waals surface area contributed by atoms with Crippen LogP contribution in [0.15, 0.2) is 85.5 Å². The minimum atomic E-state index is -0.162. The van der Waals surface area contributed by atoms with Gasteiger partial charge in [-0.3, -0.25) is 14.7 Å². The Morgan fingerprint density at radius 3 is 2.55 bits per heavy atom. The van der Waals surface area contributed by atoms with E-state index in [1.807, 2.05) is 78.9 Å². The number of anilines is 1. The Hall–Kier alpha value is -5.30. The molecule has 1 atom stereocenters. The van der Waals surface area contributed by atoms with Gasteiger partial charge in [-0.15, -0.1) is 0 Å². The molecule has 2 aromatic carbocycles. The molecule has 0 saturated carbocycles. The summed E-state index contributed by atoms with van der Waals surface area (Å²) < 4.78 is 1.77. The van der Waals surface area contributed by atoms with E-state index in [1.165, 1.54) is 0 Å². The SMILES string of the molecule is CCCC(CCc1ncc(C#N)c(-c2ccn[nH]2)n1)N(C(=O)NCc1ccccc1)c1ccc(-c2cnn(C)c2)cc1. The summed E-state index contributed by atoms with van der Waals surface area (Å²) in [5.41, 5.74) is 5.45. The largest absolute Gasteiger partial charge is 0.334 e. The van der Waals surface area contributed by atoms with Crippen LogP contribution in [0.5, 0.6) is 0 Å². The van der Waals surface area contributed by atoms with E-state index >= 15 is 0 Å². The van der Waals surface area contributed by atoms with Gasteiger partial charge >= 0.3 is 6.03 Å². The predicted molar refractivity (Wildman–Crippen MR) is 161 cm³/mol. The fraction of sp³-hybridized carbons (Fsp3) is 0.250. The van der Waals surface area contributed by atoms with Crippen molar-refractivity contribution < 1.29 is 4.79 Å². The highest BCUT2D eigenvalue weighted by Gasteiger charge is 2.25. The highest BCUT2D eigenvalue weighted by Crippen LogP contribution is 2.27. The van der Waals surface area contributed by atoms with Crippen molar-refractivity contribution in [3.05, 3.63) is 102 Å². The molecule has 0 fully saturated rings. The van der Waals surface area contributed by atoms with Gasteiger partial charge in [0.1, 0.15) is 17.6 Å². The smallest absolute Gasteiger partial charge is 0.322 e. The van der Waals surface area contributed by atoms with E-state index in [0.29, 0.717) is 42.2 Å². The maximum absolute atomic E-state index is 13.8. The zero-order chi connectivity index (χ0) is 29.3. The van der Waals surface area contributed by atoms with Crippen LogP contribution in [0.3, 0.4) is 0 Å². The Kier molecular flexibility index (Phi) is 8.99. The normalized spacial score (nSPS) is 11.5. The first-order valence-corrected chi connectivity index (χ1v) is 14.0. The fourth-order valence-corrected chi connectivity index (χ4v) is 4.98. The third-order valence-corrected chi connectivity index (χ3v) is 7.09. The number of hydrogen-bond acceptors (Lipinski definition) is 6. The van der Waals surface area contributed by atoms with Gasteiger partial charge < -0.3 is 5.32 Å². The Morgan fingerprint density at radius 2 is 1.88 bits per heavy atom. The molecule has 0 radical (unpaired) electrons. The van der Waals surface area contributed by atoms with Crippen molar-refractivity contribution in [2.75, 3.05) is 4.90 Å². The first-order valence-electron chi connectivity index (χ1n) is 14.0. The van der Waals surface area contributed by atoms with Crippen LogP contribution >= 0.6 is 0 Å². The lowest BCUT2D eigenvalue weighted by Gasteiger charge is -2.32. The van der Waals surface area contributed by atoms with Crippen LogP contribution in [-0.4, -0.2) is 42.0 Å². The summed E-state index contributed by atoms with van der Waals surface area (Å²) >= 11 is 0. The molecule has 3 aromatic heterocycles. The lowest BCUT2D eigenvalue weighted by Crippen LogP contribution is -2.46. The Morgan fingerprint density at radius 1 is 1.07 bits per heavy atom. The van der Waals surface area contributed by atoms with Gasteiger partial charge in [-0.25, -0.2) is 14.8 Å². The summed E-state index contributed by atoms with van der Waals surface area (Å²) in [4.78, 5) is 24.8. The molecule has 212 valence electrons. The molecule has 42 heavy (non-hydrogen) atoms. The van der Waals surface area contributed by atoms with Crippen LogP contribution in [-0.2, 0) is 20.0 Å². The quantitative estimate of drug-likeness (QED) is 0.215. The maximum atomic E-state index is 13.8. The number of urea groups is 1. The fourth-order valence-electron chi connectivity index (χ4n) is 4.98. The van der Waals surface area contributed by atoms with E-state index in [1.54, 1.807) is 23.1 Å². The molecule has 10 heteroatoms. The van der Waals surface area contributed by atoms with E-state index < -0.39 is 0 Å². The summed E-state index contributed by atoms with van der Waals surface area (Å²) in [6.45, 7) is 2.54. The van der Waals surface area contributed by atoms with Gasteiger partial charge in [0.2, 0.25) is 0 Å². The van der Waals surface area contributed by atoms with Crippen LogP contribution in [0, 0.1) is 11.3 Å². The average Bonchev–Trinajstić information content (AvgIpc) is 3.72. The molecule has 1 unspecified atom stereocenters. The molecule has 0 saturated heterocycles. The van der Waals surface area contributed by atoms with Gasteiger partial charge in [-0.2, -0.15) is 15.5 Å². The molecule has 0 bridgehead atoms. The van der Waals surface area contributed by atoms with Crippen molar-refractivity contribution in [2.24, 2.45) is 7.05 Å². The van der Waals surface area contributed by atoms with E-state index in [0.717, 1.165) is 35.2 Å². The number of benzene rings is 2. The molecule has 0 spiro atoms. The number of aryl methyl sites for hydroxylation is 2. The molecule has 3 heterocycles. The topological polar surface area (TPSA) is 128 Å². The van der Waals surface area contributed by atoms with Gasteiger partial charge in [0.05, 0.1) is 17.5 Å². The third kappa shape index (κ3) is 6.70. The third-order valence-electron chi connectivity index (χ3n) is 7.09. The summed E-state index contributed by atoms with van der Waals surface area (Å²) in [6, 6.07) is 21.6. The number of nitriles is 1. The van der Waals surface area contributed by atoms with Crippen molar-refractivity contribution in [3.63, 3.8) is 0 Å². The highest BCUT2D eigenvalue weighted by atomic mass is 16.2. The number of amides is 2. The number of aromatic amines is 1. The zero-order valence-corrected chi connectivity index (χ0v) is 23.7. The Balaban J connectivity index is 1.41. The molecule has 2 amide bonds. The van der Waals surface area contributed by atoms with Crippen LogP contribution < -0.4 is 10.2 Å². The summed E-state index contributed by atoms with van der Waals surface area (Å²) in [5.74, 6) is 0.608. The molecular weight excluding hydrogens is 526 g/mol. The number of carbonyl (C=O) groups excluding carboxylic acids is 1. The summed E-state index contributed by atoms with van der Waals surface area (Å²) in [7, 11) is 1.89. The van der Waals surface area contributed by atoms with Crippen molar-refractivity contribution in [3.8, 4) is 28.6 Å². The van der Waals surface area contributed by atoms with Crippen molar-refractivity contribution >= 4 is 11.7 Å². The van der Waals surface area contributed by atoms with E-state index in [9.17, 15) is 10.1 Å². The van der Waals surface area contributed by atoms with Gasteiger partial charge in [-0.05, 0) is 42.2 Å². The van der Waals surface area contributed by atoms with Crippen LogP contribution in [0.4, 0.5) is 10.5 Å². The minimum Gasteiger partial charge on any atom is -0.334 e. The number of H-pyrrole nitrogens is 1. The molecular formula is C32H33N9O. The van der Waals surface area contributed by atoms with Crippen molar-refractivity contribution in [2.45, 2.75) is 45.2 Å². The predicted octanol–water partition coefficient (Wildman–Crippen LogP) is 5.66. The van der Waals surface area contributed by atoms with Gasteiger partial charge in [0.15, 0.2) is 0 Å². The van der Waals surface area contributed by atoms with Crippen LogP contribution in [0.25, 0.3) is 22.5 Å².